The normalized spacial score (nSPS) is 12.0. The molecular formula is C20H42ClFSi. The van der Waals surface area contributed by atoms with Gasteiger partial charge in [-0.3, -0.25) is 4.39 Å². The number of alkyl halides is 1. The lowest BCUT2D eigenvalue weighted by Crippen LogP contribution is -2.14. The van der Waals surface area contributed by atoms with Gasteiger partial charge in [0.05, 0.1) is 6.67 Å². The molecule has 23 heavy (non-hydrogen) atoms. The van der Waals surface area contributed by atoms with Crippen LogP contribution in [0.25, 0.3) is 0 Å². The van der Waals surface area contributed by atoms with E-state index >= 15 is 0 Å². The molecule has 0 heterocycles. The van der Waals surface area contributed by atoms with E-state index in [2.05, 4.69) is 13.1 Å². The molecule has 0 bridgehead atoms. The van der Waals surface area contributed by atoms with Crippen LogP contribution in [0, 0.1) is 0 Å². The highest BCUT2D eigenvalue weighted by Crippen LogP contribution is 2.19. The van der Waals surface area contributed by atoms with Gasteiger partial charge in [-0.2, -0.15) is 11.1 Å². The van der Waals surface area contributed by atoms with Crippen LogP contribution in [-0.2, 0) is 0 Å². The summed E-state index contributed by atoms with van der Waals surface area (Å²) in [4.78, 5) is 0. The van der Waals surface area contributed by atoms with Crippen molar-refractivity contribution in [1.82, 2.24) is 0 Å². The topological polar surface area (TPSA) is 0 Å². The average molecular weight is 365 g/mol. The van der Waals surface area contributed by atoms with Gasteiger partial charge in [-0.05, 0) is 12.5 Å². The molecule has 0 aromatic carbocycles. The summed E-state index contributed by atoms with van der Waals surface area (Å²) in [5.41, 5.74) is 0. The zero-order valence-electron chi connectivity index (χ0n) is 16.0. The van der Waals surface area contributed by atoms with E-state index in [1.165, 1.54) is 95.9 Å². The molecule has 0 amide bonds. The highest BCUT2D eigenvalue weighted by Gasteiger charge is 2.15. The molecule has 0 radical (unpaired) electrons. The maximum atomic E-state index is 11.9. The van der Waals surface area contributed by atoms with Crippen molar-refractivity contribution in [2.75, 3.05) is 6.67 Å². The first-order valence-electron chi connectivity index (χ1n) is 10.3. The fourth-order valence-electron chi connectivity index (χ4n) is 3.11. The summed E-state index contributed by atoms with van der Waals surface area (Å²) in [6.45, 7) is 4.37. The Kier molecular flexibility index (Phi) is 17.6. The van der Waals surface area contributed by atoms with E-state index in [1.807, 2.05) is 0 Å². The quantitative estimate of drug-likeness (QED) is 0.130. The van der Waals surface area contributed by atoms with E-state index < -0.39 is 7.38 Å². The molecule has 0 aliphatic heterocycles. The van der Waals surface area contributed by atoms with E-state index in [0.717, 1.165) is 12.8 Å². The first-order valence-corrected chi connectivity index (χ1v) is 14.5. The third-order valence-electron chi connectivity index (χ3n) is 4.65. The van der Waals surface area contributed by atoms with Crippen molar-refractivity contribution in [2.45, 2.75) is 122 Å². The van der Waals surface area contributed by atoms with E-state index in [-0.39, 0.29) is 6.67 Å². The second-order valence-corrected chi connectivity index (χ2v) is 14.8. The molecule has 0 saturated heterocycles. The summed E-state index contributed by atoms with van der Waals surface area (Å²) >= 11 is 6.33. The Morgan fingerprint density at radius 3 is 1.04 bits per heavy atom. The Labute approximate surface area is 151 Å². The van der Waals surface area contributed by atoms with E-state index in [1.54, 1.807) is 0 Å². The fourth-order valence-corrected chi connectivity index (χ4v) is 4.61. The molecule has 0 spiro atoms. The Hall–Kier alpha value is 0.437. The van der Waals surface area contributed by atoms with Crippen LogP contribution in [0.2, 0.25) is 19.1 Å². The van der Waals surface area contributed by atoms with Crippen molar-refractivity contribution in [1.29, 1.82) is 0 Å². The van der Waals surface area contributed by atoms with Crippen LogP contribution in [0.3, 0.4) is 0 Å². The van der Waals surface area contributed by atoms with Gasteiger partial charge in [0.2, 0.25) is 0 Å². The smallest absolute Gasteiger partial charge is 0.150 e. The van der Waals surface area contributed by atoms with Gasteiger partial charge in [-0.25, -0.2) is 0 Å². The fraction of sp³-hybridized carbons (Fsp3) is 1.00. The summed E-state index contributed by atoms with van der Waals surface area (Å²) in [7, 11) is -1.31. The molecule has 0 rings (SSSR count). The minimum atomic E-state index is -1.31. The van der Waals surface area contributed by atoms with Crippen LogP contribution in [0.15, 0.2) is 0 Å². The minimum absolute atomic E-state index is 0.132. The van der Waals surface area contributed by atoms with Crippen LogP contribution in [-0.4, -0.2) is 14.1 Å². The van der Waals surface area contributed by atoms with Crippen molar-refractivity contribution in [3.8, 4) is 0 Å². The molecule has 0 fully saturated rings. The van der Waals surface area contributed by atoms with Crippen LogP contribution >= 0.6 is 11.1 Å². The summed E-state index contributed by atoms with van der Waals surface area (Å²) in [6.07, 6.45) is 21.2. The zero-order chi connectivity index (χ0) is 17.2. The highest BCUT2D eigenvalue weighted by atomic mass is 35.6. The summed E-state index contributed by atoms with van der Waals surface area (Å²) in [5.74, 6) is 0. The average Bonchev–Trinajstić information content (AvgIpc) is 2.49. The largest absolute Gasteiger partial charge is 0.251 e. The molecule has 0 atom stereocenters. The maximum Gasteiger partial charge on any atom is 0.150 e. The molecule has 0 aliphatic rings. The standard InChI is InChI=1S/C20H42ClFSi/c1-23(2,21)20-18-16-14-12-10-8-6-4-3-5-7-9-11-13-15-17-19-22/h3-20H2,1-2H3. The number of hydrogen-bond acceptors (Lipinski definition) is 0. The van der Waals surface area contributed by atoms with Gasteiger partial charge >= 0.3 is 0 Å². The monoisotopic (exact) mass is 364 g/mol. The van der Waals surface area contributed by atoms with Gasteiger partial charge < -0.3 is 0 Å². The molecular weight excluding hydrogens is 323 g/mol. The zero-order valence-corrected chi connectivity index (χ0v) is 17.7. The summed E-state index contributed by atoms with van der Waals surface area (Å²) < 4.78 is 11.9. The molecule has 0 aliphatic carbocycles. The highest BCUT2D eigenvalue weighted by molar-refractivity contribution is 7.19. The lowest BCUT2D eigenvalue weighted by atomic mass is 10.0. The van der Waals surface area contributed by atoms with Crippen LogP contribution in [0.4, 0.5) is 4.39 Å². The Morgan fingerprint density at radius 1 is 0.522 bits per heavy atom. The van der Waals surface area contributed by atoms with E-state index in [4.69, 9.17) is 11.1 Å². The minimum Gasteiger partial charge on any atom is -0.251 e. The van der Waals surface area contributed by atoms with Gasteiger partial charge in [0.1, 0.15) is 7.38 Å². The van der Waals surface area contributed by atoms with Gasteiger partial charge in [0, 0.05) is 0 Å². The molecule has 140 valence electrons. The number of unbranched alkanes of at least 4 members (excludes halogenated alkanes) is 15. The predicted molar refractivity (Wildman–Crippen MR) is 108 cm³/mol. The molecule has 0 unspecified atom stereocenters. The van der Waals surface area contributed by atoms with Gasteiger partial charge in [-0.15, -0.1) is 0 Å². The van der Waals surface area contributed by atoms with Crippen LogP contribution < -0.4 is 0 Å². The Morgan fingerprint density at radius 2 is 0.783 bits per heavy atom. The van der Waals surface area contributed by atoms with Crippen LogP contribution in [0.1, 0.15) is 103 Å². The van der Waals surface area contributed by atoms with Gasteiger partial charge in [0.15, 0.2) is 0 Å². The second kappa shape index (κ2) is 17.3. The van der Waals surface area contributed by atoms with Gasteiger partial charge in [-0.1, -0.05) is 109 Å². The van der Waals surface area contributed by atoms with Gasteiger partial charge in [0.25, 0.3) is 0 Å². The van der Waals surface area contributed by atoms with Crippen molar-refractivity contribution >= 4 is 18.5 Å². The summed E-state index contributed by atoms with van der Waals surface area (Å²) in [6, 6.07) is 1.28. The lowest BCUT2D eigenvalue weighted by Gasteiger charge is -2.11. The molecule has 0 aromatic rings. The molecule has 0 aromatic heterocycles. The predicted octanol–water partition coefficient (Wildman–Crippen LogP) is 8.64. The summed E-state index contributed by atoms with van der Waals surface area (Å²) in [5, 5.41) is 0. The van der Waals surface area contributed by atoms with Crippen molar-refractivity contribution < 1.29 is 4.39 Å². The third-order valence-corrected chi connectivity index (χ3v) is 6.76. The van der Waals surface area contributed by atoms with E-state index in [9.17, 15) is 4.39 Å². The van der Waals surface area contributed by atoms with Crippen LogP contribution in [0.5, 0.6) is 0 Å². The third kappa shape index (κ3) is 22.4. The second-order valence-electron chi connectivity index (χ2n) is 7.81. The molecule has 0 nitrogen and oxygen atoms in total. The van der Waals surface area contributed by atoms with E-state index in [0.29, 0.717) is 0 Å². The van der Waals surface area contributed by atoms with Crippen molar-refractivity contribution in [2.24, 2.45) is 0 Å². The molecule has 0 saturated carbocycles. The number of hydrogen-bond donors (Lipinski definition) is 0. The number of rotatable bonds is 18. The van der Waals surface area contributed by atoms with Crippen molar-refractivity contribution in [3.05, 3.63) is 0 Å². The maximum absolute atomic E-state index is 11.9. The SMILES string of the molecule is C[Si](C)(Cl)CCCCCCCCCCCCCCCCCCF. The first-order chi connectivity index (χ1) is 11.1. The number of halogens is 2. The molecule has 0 N–H and O–H groups in total. The molecule has 3 heteroatoms. The van der Waals surface area contributed by atoms with Crippen molar-refractivity contribution in [3.63, 3.8) is 0 Å². The Balaban J connectivity index is 3.00. The lowest BCUT2D eigenvalue weighted by molar-refractivity contribution is 0.448. The Bertz CT molecular complexity index is 228. The first kappa shape index (κ1) is 23.4.